The van der Waals surface area contributed by atoms with Crippen molar-refractivity contribution in [3.8, 4) is 0 Å². The van der Waals surface area contributed by atoms with Crippen LogP contribution >= 0.6 is 0 Å². The molecule has 0 saturated heterocycles. The van der Waals surface area contributed by atoms with E-state index in [0.29, 0.717) is 23.2 Å². The van der Waals surface area contributed by atoms with Crippen molar-refractivity contribution in [1.29, 1.82) is 0 Å². The molecule has 0 radical (unpaired) electrons. The number of allylic oxidation sites excluding steroid dienone is 3. The summed E-state index contributed by atoms with van der Waals surface area (Å²) in [4.78, 5) is 11.8. The van der Waals surface area contributed by atoms with Crippen LogP contribution < -0.4 is 0 Å². The maximum absolute atomic E-state index is 11.8. The van der Waals surface area contributed by atoms with Crippen LogP contribution in [0.4, 0.5) is 0 Å². The average molecular weight is 485 g/mol. The molecule has 8 atom stereocenters. The number of rotatable bonds is 5. The van der Waals surface area contributed by atoms with Gasteiger partial charge in [0.15, 0.2) is 0 Å². The molecule has 3 fully saturated rings. The topological polar surface area (TPSA) is 46.5 Å². The van der Waals surface area contributed by atoms with E-state index in [-0.39, 0.29) is 28.3 Å². The molecule has 4 rings (SSSR count). The van der Waals surface area contributed by atoms with Gasteiger partial charge in [0.05, 0.1) is 5.60 Å². The van der Waals surface area contributed by atoms with Gasteiger partial charge in [0, 0.05) is 12.3 Å². The Labute approximate surface area is 215 Å². The number of ether oxygens (including phenoxy) is 1. The minimum Gasteiger partial charge on any atom is -0.462 e. The molecule has 4 aliphatic rings. The van der Waals surface area contributed by atoms with Crippen LogP contribution in [-0.2, 0) is 9.53 Å². The molecule has 198 valence electrons. The van der Waals surface area contributed by atoms with Crippen LogP contribution in [0.3, 0.4) is 0 Å². The molecule has 0 unspecified atom stereocenters. The smallest absolute Gasteiger partial charge is 0.302 e. The van der Waals surface area contributed by atoms with E-state index < -0.39 is 5.60 Å². The molecule has 0 amide bonds. The molecular formula is C32H52O3. The van der Waals surface area contributed by atoms with E-state index >= 15 is 0 Å². The van der Waals surface area contributed by atoms with Crippen molar-refractivity contribution in [3.05, 3.63) is 23.8 Å². The number of hydrogen-bond donors (Lipinski definition) is 1. The molecule has 0 aromatic rings. The number of carbonyl (C=O) groups excluding carboxylic acids is 1. The standard InChI is InChI=1S/C32H52O3/c1-21(11-10-17-28(3,4)34)23-14-19-32(9)25-12-13-26-29(5,6)27(35-22(2)33)16-18-30(26,7)24(25)15-20-31(23,32)8/h10,12,17,21,23-24,26-27,34H,11,13-16,18-20H2,1-9H3/b17-10-/t21-,23+,24+,26+,27+,30-,31+,32-/m1/s1. The molecule has 0 aromatic carbocycles. The average Bonchev–Trinajstić information content (AvgIpc) is 3.00. The molecule has 3 heteroatoms. The fourth-order valence-electron chi connectivity index (χ4n) is 9.79. The summed E-state index contributed by atoms with van der Waals surface area (Å²) < 4.78 is 5.85. The largest absolute Gasteiger partial charge is 0.462 e. The monoisotopic (exact) mass is 484 g/mol. The van der Waals surface area contributed by atoms with Gasteiger partial charge in [-0.05, 0) is 105 Å². The number of fused-ring (bicyclic) bond motifs is 5. The Bertz CT molecular complexity index is 891. The third kappa shape index (κ3) is 4.26. The lowest BCUT2D eigenvalue weighted by atomic mass is 9.41. The normalized spacial score (nSPS) is 43.7. The summed E-state index contributed by atoms with van der Waals surface area (Å²) in [7, 11) is 0. The Kier molecular flexibility index (Phi) is 6.73. The zero-order chi connectivity index (χ0) is 26.0. The van der Waals surface area contributed by atoms with Gasteiger partial charge in [-0.3, -0.25) is 4.79 Å². The van der Waals surface area contributed by atoms with Crippen LogP contribution in [0, 0.1) is 45.3 Å². The van der Waals surface area contributed by atoms with Gasteiger partial charge in [-0.15, -0.1) is 0 Å². The van der Waals surface area contributed by atoms with Crippen molar-refractivity contribution in [2.75, 3.05) is 0 Å². The highest BCUT2D eigenvalue weighted by Gasteiger charge is 2.65. The Balaban J connectivity index is 1.60. The van der Waals surface area contributed by atoms with E-state index in [1.54, 1.807) is 12.5 Å². The molecule has 0 aromatic heterocycles. The fraction of sp³-hybridized carbons (Fsp3) is 0.844. The first kappa shape index (κ1) is 27.0. The number of aliphatic hydroxyl groups is 1. The molecule has 0 heterocycles. The lowest BCUT2D eigenvalue weighted by Gasteiger charge is -2.64. The van der Waals surface area contributed by atoms with Gasteiger partial charge in [0.1, 0.15) is 6.10 Å². The van der Waals surface area contributed by atoms with Crippen LogP contribution in [0.1, 0.15) is 114 Å². The van der Waals surface area contributed by atoms with E-state index in [4.69, 9.17) is 4.74 Å². The van der Waals surface area contributed by atoms with Crippen molar-refractivity contribution >= 4 is 5.97 Å². The van der Waals surface area contributed by atoms with E-state index in [0.717, 1.165) is 31.6 Å². The van der Waals surface area contributed by atoms with Crippen molar-refractivity contribution in [3.63, 3.8) is 0 Å². The number of esters is 1. The molecule has 4 aliphatic carbocycles. The number of hydrogen-bond acceptors (Lipinski definition) is 3. The Morgan fingerprint density at radius 2 is 1.83 bits per heavy atom. The predicted molar refractivity (Wildman–Crippen MR) is 144 cm³/mol. The molecule has 0 aliphatic heterocycles. The minimum atomic E-state index is -0.729. The van der Waals surface area contributed by atoms with Crippen molar-refractivity contribution in [1.82, 2.24) is 0 Å². The third-order valence-corrected chi connectivity index (χ3v) is 11.9. The Hall–Kier alpha value is -1.09. The van der Waals surface area contributed by atoms with E-state index in [9.17, 15) is 9.90 Å². The SMILES string of the molecule is CC(=O)O[C@H]1CC[C@]2(C)[C@H]3CC[C@@]4(C)[C@H]([C@H](C)C/C=C\C(C)(C)O)CC[C@]4(C)C3=CC[C@H]2C1(C)C. The summed E-state index contributed by atoms with van der Waals surface area (Å²) in [6, 6.07) is 0. The lowest BCUT2D eigenvalue weighted by Crippen LogP contribution is -2.58. The third-order valence-electron chi connectivity index (χ3n) is 11.9. The van der Waals surface area contributed by atoms with Crippen LogP contribution in [0.15, 0.2) is 23.8 Å². The Morgan fingerprint density at radius 1 is 1.14 bits per heavy atom. The maximum Gasteiger partial charge on any atom is 0.302 e. The predicted octanol–water partition coefficient (Wildman–Crippen LogP) is 7.88. The highest BCUT2D eigenvalue weighted by Crippen LogP contribution is 2.73. The van der Waals surface area contributed by atoms with Gasteiger partial charge in [0.25, 0.3) is 0 Å². The summed E-state index contributed by atoms with van der Waals surface area (Å²) in [5.74, 6) is 2.42. The zero-order valence-corrected chi connectivity index (χ0v) is 24.0. The number of carbonyl (C=O) groups is 1. The van der Waals surface area contributed by atoms with Gasteiger partial charge in [-0.25, -0.2) is 0 Å². The van der Waals surface area contributed by atoms with Gasteiger partial charge in [0.2, 0.25) is 0 Å². The van der Waals surface area contributed by atoms with Crippen molar-refractivity contribution in [2.45, 2.75) is 125 Å². The first-order valence-corrected chi connectivity index (χ1v) is 14.3. The van der Waals surface area contributed by atoms with E-state index in [2.05, 4.69) is 53.7 Å². The van der Waals surface area contributed by atoms with Crippen LogP contribution in [0.25, 0.3) is 0 Å². The summed E-state index contributed by atoms with van der Waals surface area (Å²) in [6.45, 7) is 20.2. The van der Waals surface area contributed by atoms with E-state index in [1.165, 1.54) is 25.7 Å². The highest BCUT2D eigenvalue weighted by molar-refractivity contribution is 5.66. The second-order valence-corrected chi connectivity index (χ2v) is 14.7. The lowest BCUT2D eigenvalue weighted by molar-refractivity contribution is -0.174. The summed E-state index contributed by atoms with van der Waals surface area (Å²) >= 11 is 0. The molecule has 1 N–H and O–H groups in total. The first-order valence-electron chi connectivity index (χ1n) is 14.3. The van der Waals surface area contributed by atoms with Crippen molar-refractivity contribution in [2.24, 2.45) is 45.3 Å². The summed E-state index contributed by atoms with van der Waals surface area (Å²) in [6.07, 6.45) is 16.4. The molecule has 3 saturated carbocycles. The van der Waals surface area contributed by atoms with E-state index in [1.807, 2.05) is 19.9 Å². The molecule has 3 nitrogen and oxygen atoms in total. The van der Waals surface area contributed by atoms with Gasteiger partial charge in [-0.2, -0.15) is 0 Å². The van der Waals surface area contributed by atoms with Gasteiger partial charge >= 0.3 is 5.97 Å². The summed E-state index contributed by atoms with van der Waals surface area (Å²) in [5, 5.41) is 10.1. The second-order valence-electron chi connectivity index (χ2n) is 14.7. The first-order chi connectivity index (χ1) is 16.1. The Morgan fingerprint density at radius 3 is 2.46 bits per heavy atom. The second kappa shape index (κ2) is 8.74. The molecule has 0 spiro atoms. The van der Waals surface area contributed by atoms with Gasteiger partial charge in [-0.1, -0.05) is 65.3 Å². The highest BCUT2D eigenvalue weighted by atomic mass is 16.5. The van der Waals surface area contributed by atoms with Gasteiger partial charge < -0.3 is 9.84 Å². The maximum atomic E-state index is 11.8. The molecular weight excluding hydrogens is 432 g/mol. The minimum absolute atomic E-state index is 0.00188. The van der Waals surface area contributed by atoms with Crippen LogP contribution in [0.5, 0.6) is 0 Å². The molecule has 35 heavy (non-hydrogen) atoms. The van der Waals surface area contributed by atoms with Crippen LogP contribution in [0.2, 0.25) is 0 Å². The van der Waals surface area contributed by atoms with Crippen LogP contribution in [-0.4, -0.2) is 22.8 Å². The molecule has 0 bridgehead atoms. The summed E-state index contributed by atoms with van der Waals surface area (Å²) in [5.41, 5.74) is 1.95. The zero-order valence-electron chi connectivity index (χ0n) is 24.0. The fourth-order valence-corrected chi connectivity index (χ4v) is 9.79. The quantitative estimate of drug-likeness (QED) is 0.319. The van der Waals surface area contributed by atoms with Crippen molar-refractivity contribution < 1.29 is 14.6 Å².